The Morgan fingerprint density at radius 2 is 1.88 bits per heavy atom. The summed E-state index contributed by atoms with van der Waals surface area (Å²) < 4.78 is 4.80. The molecule has 0 spiro atoms. The number of nitrogens with one attached hydrogen (secondary N) is 1. The van der Waals surface area contributed by atoms with Crippen molar-refractivity contribution in [1.82, 2.24) is 9.97 Å². The van der Waals surface area contributed by atoms with Crippen molar-refractivity contribution in [3.8, 4) is 0 Å². The van der Waals surface area contributed by atoms with Crippen LogP contribution in [0, 0.1) is 6.92 Å². The number of ether oxygens (including phenoxy) is 1. The molecule has 124 valence electrons. The first-order valence-electron chi connectivity index (χ1n) is 6.66. The van der Waals surface area contributed by atoms with Gasteiger partial charge >= 0.3 is 5.97 Å². The molecule has 1 aromatic carbocycles. The molecular formula is C15H10Cl3N3O2S. The predicted molar refractivity (Wildman–Crippen MR) is 98.2 cm³/mol. The summed E-state index contributed by atoms with van der Waals surface area (Å²) in [5.41, 5.74) is 1.29. The number of nitrogens with zero attached hydrogens (tertiary/aromatic N) is 2. The Kier molecular flexibility index (Phi) is 4.83. The summed E-state index contributed by atoms with van der Waals surface area (Å²) in [6, 6.07) is 3.16. The van der Waals surface area contributed by atoms with Crippen LogP contribution in [-0.2, 0) is 4.74 Å². The van der Waals surface area contributed by atoms with Gasteiger partial charge in [-0.3, -0.25) is 0 Å². The Labute approximate surface area is 156 Å². The number of hydrogen-bond acceptors (Lipinski definition) is 6. The average Bonchev–Trinajstić information content (AvgIpc) is 2.90. The van der Waals surface area contributed by atoms with Gasteiger partial charge in [0.2, 0.25) is 0 Å². The molecule has 0 fully saturated rings. The molecule has 0 aliphatic heterocycles. The third kappa shape index (κ3) is 3.02. The quantitative estimate of drug-likeness (QED) is 0.463. The maximum Gasteiger partial charge on any atom is 0.348 e. The molecule has 0 unspecified atom stereocenters. The Bertz CT molecular complexity index is 959. The van der Waals surface area contributed by atoms with Gasteiger partial charge in [0, 0.05) is 0 Å². The first-order valence-corrected chi connectivity index (χ1v) is 8.61. The summed E-state index contributed by atoms with van der Waals surface area (Å²) in [5, 5.41) is 4.98. The number of thiophene rings is 1. The van der Waals surface area contributed by atoms with Gasteiger partial charge in [-0.05, 0) is 24.6 Å². The molecule has 24 heavy (non-hydrogen) atoms. The van der Waals surface area contributed by atoms with Gasteiger partial charge < -0.3 is 10.1 Å². The van der Waals surface area contributed by atoms with Crippen LogP contribution in [0.2, 0.25) is 15.1 Å². The van der Waals surface area contributed by atoms with Crippen molar-refractivity contribution < 1.29 is 9.53 Å². The van der Waals surface area contributed by atoms with E-state index in [1.54, 1.807) is 12.1 Å². The molecule has 0 aliphatic carbocycles. The van der Waals surface area contributed by atoms with Crippen molar-refractivity contribution in [2.75, 3.05) is 12.4 Å². The summed E-state index contributed by atoms with van der Waals surface area (Å²) in [6.07, 6.45) is 1.41. The number of anilines is 2. The second-order valence-corrected chi connectivity index (χ2v) is 7.04. The number of halogens is 3. The molecule has 0 bridgehead atoms. The minimum Gasteiger partial charge on any atom is -0.465 e. The first kappa shape index (κ1) is 17.2. The van der Waals surface area contributed by atoms with E-state index in [9.17, 15) is 4.79 Å². The highest BCUT2D eigenvalue weighted by Crippen LogP contribution is 2.38. The third-order valence-electron chi connectivity index (χ3n) is 3.36. The fourth-order valence-electron chi connectivity index (χ4n) is 2.20. The number of benzene rings is 1. The molecule has 0 amide bonds. The van der Waals surface area contributed by atoms with Gasteiger partial charge in [-0.15, -0.1) is 11.3 Å². The molecule has 0 saturated heterocycles. The first-order chi connectivity index (χ1) is 11.4. The number of rotatable bonds is 3. The van der Waals surface area contributed by atoms with Crippen LogP contribution < -0.4 is 5.32 Å². The lowest BCUT2D eigenvalue weighted by Crippen LogP contribution is -2.00. The molecule has 0 atom stereocenters. The Morgan fingerprint density at radius 1 is 1.17 bits per heavy atom. The molecule has 1 N–H and O–H groups in total. The minimum atomic E-state index is -0.408. The van der Waals surface area contributed by atoms with E-state index in [1.807, 2.05) is 6.92 Å². The van der Waals surface area contributed by atoms with Gasteiger partial charge in [0.15, 0.2) is 0 Å². The zero-order valence-electron chi connectivity index (χ0n) is 12.5. The average molecular weight is 403 g/mol. The van der Waals surface area contributed by atoms with Crippen molar-refractivity contribution in [2.45, 2.75) is 6.92 Å². The van der Waals surface area contributed by atoms with Gasteiger partial charge in [0.25, 0.3) is 0 Å². The molecule has 5 nitrogen and oxygen atoms in total. The van der Waals surface area contributed by atoms with Gasteiger partial charge in [-0.2, -0.15) is 0 Å². The number of aromatic nitrogens is 2. The molecule has 0 radical (unpaired) electrons. The van der Waals surface area contributed by atoms with Crippen molar-refractivity contribution in [3.05, 3.63) is 44.0 Å². The van der Waals surface area contributed by atoms with E-state index in [0.717, 1.165) is 10.9 Å². The van der Waals surface area contributed by atoms with E-state index in [2.05, 4.69) is 15.3 Å². The molecule has 3 aromatic rings. The van der Waals surface area contributed by atoms with Crippen LogP contribution >= 0.6 is 46.1 Å². The summed E-state index contributed by atoms with van der Waals surface area (Å²) in [5.74, 6) is 0.109. The molecular weight excluding hydrogens is 393 g/mol. The highest BCUT2D eigenvalue weighted by molar-refractivity contribution is 7.20. The smallest absolute Gasteiger partial charge is 0.348 e. The van der Waals surface area contributed by atoms with E-state index < -0.39 is 5.97 Å². The van der Waals surface area contributed by atoms with Crippen LogP contribution in [0.5, 0.6) is 0 Å². The van der Waals surface area contributed by atoms with Crippen LogP contribution in [0.3, 0.4) is 0 Å². The zero-order chi connectivity index (χ0) is 17.4. The van der Waals surface area contributed by atoms with Crippen molar-refractivity contribution in [2.24, 2.45) is 0 Å². The molecule has 2 aromatic heterocycles. The van der Waals surface area contributed by atoms with Crippen LogP contribution in [-0.4, -0.2) is 23.0 Å². The SMILES string of the molecule is COC(=O)c1sc2ncnc(Nc3cc(Cl)c(Cl)cc3Cl)c2c1C. The lowest BCUT2D eigenvalue weighted by Gasteiger charge is -2.10. The molecule has 0 saturated carbocycles. The Morgan fingerprint density at radius 3 is 2.58 bits per heavy atom. The van der Waals surface area contributed by atoms with Crippen LogP contribution in [0.4, 0.5) is 11.5 Å². The largest absolute Gasteiger partial charge is 0.465 e. The van der Waals surface area contributed by atoms with Crippen molar-refractivity contribution >= 4 is 73.8 Å². The topological polar surface area (TPSA) is 64.1 Å². The Balaban J connectivity index is 2.12. The number of aryl methyl sites for hydroxylation is 1. The summed E-state index contributed by atoms with van der Waals surface area (Å²) in [7, 11) is 1.34. The van der Waals surface area contributed by atoms with E-state index in [1.165, 1.54) is 24.8 Å². The van der Waals surface area contributed by atoms with Crippen LogP contribution in [0.1, 0.15) is 15.2 Å². The molecule has 3 rings (SSSR count). The fraction of sp³-hybridized carbons (Fsp3) is 0.133. The van der Waals surface area contributed by atoms with Gasteiger partial charge in [0.05, 0.1) is 33.3 Å². The number of esters is 1. The molecule has 9 heteroatoms. The maximum atomic E-state index is 11.9. The number of fused-ring (bicyclic) bond motifs is 1. The highest BCUT2D eigenvalue weighted by atomic mass is 35.5. The predicted octanol–water partition coefficient (Wildman–Crippen LogP) is 5.49. The fourth-order valence-corrected chi connectivity index (χ4v) is 3.86. The van der Waals surface area contributed by atoms with Crippen LogP contribution in [0.25, 0.3) is 10.2 Å². The van der Waals surface area contributed by atoms with Gasteiger partial charge in [-0.1, -0.05) is 34.8 Å². The van der Waals surface area contributed by atoms with E-state index >= 15 is 0 Å². The number of hydrogen-bond donors (Lipinski definition) is 1. The third-order valence-corrected chi connectivity index (χ3v) is 5.58. The molecule has 0 aliphatic rings. The maximum absolute atomic E-state index is 11.9. The standard InChI is InChI=1S/C15H10Cl3N3O2S/c1-6-11-13(21-10-4-8(17)7(16)3-9(10)18)19-5-20-14(11)24-12(6)15(22)23-2/h3-5H,1-2H3,(H,19,20,21). The Hall–Kier alpha value is -1.60. The number of carbonyl (C=O) groups is 1. The summed E-state index contributed by atoms with van der Waals surface area (Å²) in [4.78, 5) is 21.5. The van der Waals surface area contributed by atoms with E-state index in [-0.39, 0.29) is 0 Å². The lowest BCUT2D eigenvalue weighted by atomic mass is 10.2. The zero-order valence-corrected chi connectivity index (χ0v) is 15.6. The second kappa shape index (κ2) is 6.72. The van der Waals surface area contributed by atoms with Crippen LogP contribution in [0.15, 0.2) is 18.5 Å². The highest BCUT2D eigenvalue weighted by Gasteiger charge is 2.20. The van der Waals surface area contributed by atoms with Gasteiger partial charge in [0.1, 0.15) is 21.9 Å². The number of methoxy groups -OCH3 is 1. The second-order valence-electron chi connectivity index (χ2n) is 4.82. The van der Waals surface area contributed by atoms with Crippen molar-refractivity contribution in [3.63, 3.8) is 0 Å². The minimum absolute atomic E-state index is 0.361. The summed E-state index contributed by atoms with van der Waals surface area (Å²) >= 11 is 19.4. The van der Waals surface area contributed by atoms with E-state index in [4.69, 9.17) is 39.5 Å². The monoisotopic (exact) mass is 401 g/mol. The van der Waals surface area contributed by atoms with Gasteiger partial charge in [-0.25, -0.2) is 14.8 Å². The lowest BCUT2D eigenvalue weighted by molar-refractivity contribution is 0.0605. The number of carbonyl (C=O) groups excluding carboxylic acids is 1. The summed E-state index contributed by atoms with van der Waals surface area (Å²) in [6.45, 7) is 1.82. The van der Waals surface area contributed by atoms with E-state index in [0.29, 0.717) is 36.3 Å². The normalized spacial score (nSPS) is 10.9. The van der Waals surface area contributed by atoms with Crippen molar-refractivity contribution in [1.29, 1.82) is 0 Å². The molecule has 2 heterocycles.